The minimum absolute atomic E-state index is 0.0207. The first-order chi connectivity index (χ1) is 8.66. The van der Waals surface area contributed by atoms with E-state index in [4.69, 9.17) is 9.47 Å². The SMILES string of the molecule is Cc1cnc(C(=O)OCC2CCOCC2)c(O)c1. The summed E-state index contributed by atoms with van der Waals surface area (Å²) in [5, 5.41) is 9.62. The monoisotopic (exact) mass is 251 g/mol. The van der Waals surface area contributed by atoms with Gasteiger partial charge in [0.2, 0.25) is 0 Å². The van der Waals surface area contributed by atoms with Crippen molar-refractivity contribution in [3.63, 3.8) is 0 Å². The maximum Gasteiger partial charge on any atom is 0.360 e. The second-order valence-corrected chi connectivity index (χ2v) is 4.53. The molecule has 1 aliphatic heterocycles. The highest BCUT2D eigenvalue weighted by molar-refractivity contribution is 5.90. The predicted octanol–water partition coefficient (Wildman–Crippen LogP) is 1.68. The molecule has 1 fully saturated rings. The highest BCUT2D eigenvalue weighted by atomic mass is 16.5. The fourth-order valence-corrected chi connectivity index (χ4v) is 1.89. The van der Waals surface area contributed by atoms with Crippen LogP contribution in [-0.4, -0.2) is 35.9 Å². The second-order valence-electron chi connectivity index (χ2n) is 4.53. The lowest BCUT2D eigenvalue weighted by Crippen LogP contribution is -2.22. The summed E-state index contributed by atoms with van der Waals surface area (Å²) in [5.74, 6) is -0.360. The summed E-state index contributed by atoms with van der Waals surface area (Å²) in [6.45, 7) is 3.59. The van der Waals surface area contributed by atoms with Gasteiger partial charge in [-0.25, -0.2) is 9.78 Å². The van der Waals surface area contributed by atoms with Crippen LogP contribution in [0.3, 0.4) is 0 Å². The molecule has 2 heterocycles. The third-order valence-corrected chi connectivity index (χ3v) is 2.99. The Morgan fingerprint density at radius 2 is 2.28 bits per heavy atom. The van der Waals surface area contributed by atoms with Crippen LogP contribution in [0.5, 0.6) is 5.75 Å². The van der Waals surface area contributed by atoms with Gasteiger partial charge in [0.25, 0.3) is 0 Å². The van der Waals surface area contributed by atoms with Gasteiger partial charge in [0, 0.05) is 19.4 Å². The van der Waals surface area contributed by atoms with Crippen molar-refractivity contribution in [2.24, 2.45) is 5.92 Å². The maximum atomic E-state index is 11.7. The molecule has 0 bridgehead atoms. The van der Waals surface area contributed by atoms with Crippen molar-refractivity contribution in [2.45, 2.75) is 19.8 Å². The minimum Gasteiger partial charge on any atom is -0.505 e. The van der Waals surface area contributed by atoms with E-state index in [1.54, 1.807) is 6.92 Å². The first-order valence-corrected chi connectivity index (χ1v) is 6.07. The molecule has 1 aliphatic rings. The molecule has 0 unspecified atom stereocenters. The Labute approximate surface area is 106 Å². The van der Waals surface area contributed by atoms with Crippen molar-refractivity contribution in [1.82, 2.24) is 4.98 Å². The normalized spacial score (nSPS) is 16.5. The number of aromatic nitrogens is 1. The molecule has 5 nitrogen and oxygen atoms in total. The third-order valence-electron chi connectivity index (χ3n) is 2.99. The number of carbonyl (C=O) groups excluding carboxylic acids is 1. The first kappa shape index (κ1) is 12.8. The smallest absolute Gasteiger partial charge is 0.360 e. The number of aryl methyl sites for hydroxylation is 1. The lowest BCUT2D eigenvalue weighted by atomic mass is 10.0. The van der Waals surface area contributed by atoms with Gasteiger partial charge in [-0.05, 0) is 37.3 Å². The van der Waals surface area contributed by atoms with Crippen LogP contribution in [0, 0.1) is 12.8 Å². The van der Waals surface area contributed by atoms with Crippen LogP contribution in [0.1, 0.15) is 28.9 Å². The molecule has 1 saturated heterocycles. The van der Waals surface area contributed by atoms with Gasteiger partial charge < -0.3 is 14.6 Å². The van der Waals surface area contributed by atoms with Crippen molar-refractivity contribution < 1.29 is 19.4 Å². The van der Waals surface area contributed by atoms with E-state index < -0.39 is 5.97 Å². The summed E-state index contributed by atoms with van der Waals surface area (Å²) in [4.78, 5) is 15.6. The zero-order chi connectivity index (χ0) is 13.0. The van der Waals surface area contributed by atoms with Gasteiger partial charge >= 0.3 is 5.97 Å². The second kappa shape index (κ2) is 5.82. The standard InChI is InChI=1S/C13H17NO4/c1-9-6-11(15)12(14-7-9)13(16)18-8-10-2-4-17-5-3-10/h6-7,10,15H,2-5,8H2,1H3. The summed E-state index contributed by atoms with van der Waals surface area (Å²) in [6, 6.07) is 1.50. The Bertz CT molecular complexity index is 427. The van der Waals surface area contributed by atoms with Crippen LogP contribution < -0.4 is 0 Å². The molecule has 0 amide bonds. The van der Waals surface area contributed by atoms with Gasteiger partial charge in [-0.15, -0.1) is 0 Å². The number of rotatable bonds is 3. The molecule has 1 aromatic heterocycles. The van der Waals surface area contributed by atoms with Crippen LogP contribution >= 0.6 is 0 Å². The summed E-state index contributed by atoms with van der Waals surface area (Å²) in [7, 11) is 0. The van der Waals surface area contributed by atoms with Gasteiger partial charge in [0.15, 0.2) is 5.69 Å². The number of hydrogen-bond acceptors (Lipinski definition) is 5. The van der Waals surface area contributed by atoms with Crippen LogP contribution in [0.25, 0.3) is 0 Å². The van der Waals surface area contributed by atoms with E-state index in [9.17, 15) is 9.90 Å². The van der Waals surface area contributed by atoms with Crippen LogP contribution in [0.2, 0.25) is 0 Å². The van der Waals surface area contributed by atoms with Gasteiger partial charge in [0.05, 0.1) is 6.61 Å². The van der Waals surface area contributed by atoms with E-state index in [-0.39, 0.29) is 11.4 Å². The van der Waals surface area contributed by atoms with E-state index >= 15 is 0 Å². The molecule has 98 valence electrons. The number of pyridine rings is 1. The highest BCUT2D eigenvalue weighted by Gasteiger charge is 2.19. The number of aromatic hydroxyl groups is 1. The van der Waals surface area contributed by atoms with Gasteiger partial charge in [-0.1, -0.05) is 0 Å². The predicted molar refractivity (Wildman–Crippen MR) is 64.5 cm³/mol. The Hall–Kier alpha value is -1.62. The lowest BCUT2D eigenvalue weighted by molar-refractivity contribution is 0.0179. The van der Waals surface area contributed by atoms with Gasteiger partial charge in [0.1, 0.15) is 5.75 Å². The van der Waals surface area contributed by atoms with Gasteiger partial charge in [-0.3, -0.25) is 0 Å². The largest absolute Gasteiger partial charge is 0.505 e. The fraction of sp³-hybridized carbons (Fsp3) is 0.538. The van der Waals surface area contributed by atoms with E-state index in [1.165, 1.54) is 12.3 Å². The summed E-state index contributed by atoms with van der Waals surface area (Å²) < 4.78 is 10.4. The lowest BCUT2D eigenvalue weighted by Gasteiger charge is -2.21. The Morgan fingerprint density at radius 3 is 2.94 bits per heavy atom. The topological polar surface area (TPSA) is 68.7 Å². The molecule has 0 aliphatic carbocycles. The minimum atomic E-state index is -0.570. The average Bonchev–Trinajstić information content (AvgIpc) is 2.37. The number of nitrogens with zero attached hydrogens (tertiary/aromatic N) is 1. The number of hydrogen-bond donors (Lipinski definition) is 1. The summed E-state index contributed by atoms with van der Waals surface area (Å²) >= 11 is 0. The zero-order valence-electron chi connectivity index (χ0n) is 10.4. The molecule has 0 radical (unpaired) electrons. The van der Waals surface area contributed by atoms with Gasteiger partial charge in [-0.2, -0.15) is 0 Å². The number of carbonyl (C=O) groups is 1. The Morgan fingerprint density at radius 1 is 1.56 bits per heavy atom. The molecule has 5 heteroatoms. The van der Waals surface area contributed by atoms with E-state index in [0.717, 1.165) is 31.6 Å². The van der Waals surface area contributed by atoms with Crippen molar-refractivity contribution >= 4 is 5.97 Å². The van der Waals surface area contributed by atoms with E-state index in [0.29, 0.717) is 12.5 Å². The van der Waals surface area contributed by atoms with E-state index in [1.807, 2.05) is 0 Å². The summed E-state index contributed by atoms with van der Waals surface area (Å²) in [6.07, 6.45) is 3.34. The van der Waals surface area contributed by atoms with Crippen molar-refractivity contribution in [3.05, 3.63) is 23.5 Å². The quantitative estimate of drug-likeness (QED) is 0.828. The molecule has 1 N–H and O–H groups in total. The number of esters is 1. The molecule has 0 atom stereocenters. The molecule has 0 saturated carbocycles. The molecule has 2 rings (SSSR count). The van der Waals surface area contributed by atoms with Crippen LogP contribution in [-0.2, 0) is 9.47 Å². The maximum absolute atomic E-state index is 11.7. The molecular weight excluding hydrogens is 234 g/mol. The average molecular weight is 251 g/mol. The zero-order valence-corrected chi connectivity index (χ0v) is 10.4. The van der Waals surface area contributed by atoms with Crippen molar-refractivity contribution in [1.29, 1.82) is 0 Å². The fourth-order valence-electron chi connectivity index (χ4n) is 1.89. The highest BCUT2D eigenvalue weighted by Crippen LogP contribution is 2.19. The molecule has 0 spiro atoms. The summed E-state index contributed by atoms with van der Waals surface area (Å²) in [5.41, 5.74) is 0.779. The van der Waals surface area contributed by atoms with Crippen molar-refractivity contribution in [2.75, 3.05) is 19.8 Å². The number of ether oxygens (including phenoxy) is 2. The Balaban J connectivity index is 1.90. The first-order valence-electron chi connectivity index (χ1n) is 6.07. The van der Waals surface area contributed by atoms with Crippen molar-refractivity contribution in [3.8, 4) is 5.75 Å². The molecule has 1 aromatic rings. The molecular formula is C13H17NO4. The molecule has 18 heavy (non-hydrogen) atoms. The van der Waals surface area contributed by atoms with E-state index in [2.05, 4.69) is 4.98 Å². The van der Waals surface area contributed by atoms with Crippen LogP contribution in [0.4, 0.5) is 0 Å². The Kier molecular flexibility index (Phi) is 4.15. The molecule has 0 aromatic carbocycles. The van der Waals surface area contributed by atoms with Crippen LogP contribution in [0.15, 0.2) is 12.3 Å². The third kappa shape index (κ3) is 3.20.